The number of aromatic nitrogens is 2. The lowest BCUT2D eigenvalue weighted by molar-refractivity contribution is 0.180. The molecule has 0 radical (unpaired) electrons. The minimum Gasteiger partial charge on any atom is -0.393 e. The van der Waals surface area contributed by atoms with Crippen molar-refractivity contribution in [2.24, 2.45) is 0 Å². The van der Waals surface area contributed by atoms with E-state index < -0.39 is 0 Å². The van der Waals surface area contributed by atoms with Crippen LogP contribution in [-0.4, -0.2) is 34.4 Å². The van der Waals surface area contributed by atoms with Gasteiger partial charge < -0.3 is 14.5 Å². The second-order valence-corrected chi connectivity index (χ2v) is 4.78. The molecule has 1 aromatic heterocycles. The van der Waals surface area contributed by atoms with Gasteiger partial charge in [0.05, 0.1) is 6.10 Å². The highest BCUT2D eigenvalue weighted by atomic mass is 16.5. The van der Waals surface area contributed by atoms with Crippen LogP contribution in [0.15, 0.2) is 4.52 Å². The molecule has 1 aromatic rings. The van der Waals surface area contributed by atoms with Crippen molar-refractivity contribution >= 4 is 5.95 Å². The van der Waals surface area contributed by atoms with Gasteiger partial charge in [-0.25, -0.2) is 0 Å². The highest BCUT2D eigenvalue weighted by molar-refractivity contribution is 5.27. The zero-order valence-electron chi connectivity index (χ0n) is 10.4. The van der Waals surface area contributed by atoms with Crippen LogP contribution in [0, 0.1) is 0 Å². The predicted molar refractivity (Wildman–Crippen MR) is 65.0 cm³/mol. The molecular formula is C12H21N3O2. The van der Waals surface area contributed by atoms with Crippen LogP contribution in [0.2, 0.25) is 0 Å². The Kier molecular flexibility index (Phi) is 4.36. The smallest absolute Gasteiger partial charge is 0.266 e. The molecule has 2 rings (SSSR count). The molecule has 5 heteroatoms. The first-order valence-electron chi connectivity index (χ1n) is 6.51. The van der Waals surface area contributed by atoms with E-state index in [1.54, 1.807) is 6.92 Å². The summed E-state index contributed by atoms with van der Waals surface area (Å²) < 4.78 is 5.20. The monoisotopic (exact) mass is 239 g/mol. The Morgan fingerprint density at radius 3 is 2.65 bits per heavy atom. The van der Waals surface area contributed by atoms with E-state index in [4.69, 9.17) is 4.52 Å². The molecule has 1 aliphatic rings. The number of anilines is 1. The molecule has 1 N–H and O–H groups in total. The maximum Gasteiger partial charge on any atom is 0.266 e. The van der Waals surface area contributed by atoms with Gasteiger partial charge in [-0.05, 0) is 31.3 Å². The Morgan fingerprint density at radius 1 is 1.29 bits per heavy atom. The maximum absolute atomic E-state index is 9.21. The molecule has 0 amide bonds. The second kappa shape index (κ2) is 6.00. The summed E-state index contributed by atoms with van der Waals surface area (Å²) in [4.78, 5) is 6.58. The normalized spacial score (nSPS) is 19.1. The van der Waals surface area contributed by atoms with Gasteiger partial charge in [0.2, 0.25) is 5.89 Å². The number of hydrogen-bond acceptors (Lipinski definition) is 5. The van der Waals surface area contributed by atoms with Crippen molar-refractivity contribution in [2.45, 2.75) is 51.6 Å². The van der Waals surface area contributed by atoms with Crippen LogP contribution in [0.3, 0.4) is 0 Å². The van der Waals surface area contributed by atoms with Crippen molar-refractivity contribution in [1.82, 2.24) is 10.1 Å². The van der Waals surface area contributed by atoms with Crippen molar-refractivity contribution in [1.29, 1.82) is 0 Å². The van der Waals surface area contributed by atoms with E-state index in [1.807, 2.05) is 0 Å². The lowest BCUT2D eigenvalue weighted by atomic mass is 10.2. The van der Waals surface area contributed by atoms with E-state index in [0.29, 0.717) is 24.7 Å². The van der Waals surface area contributed by atoms with Crippen molar-refractivity contribution in [3.8, 4) is 0 Å². The first-order valence-corrected chi connectivity index (χ1v) is 6.51. The van der Waals surface area contributed by atoms with Gasteiger partial charge in [0.25, 0.3) is 5.95 Å². The van der Waals surface area contributed by atoms with Crippen LogP contribution in [0.5, 0.6) is 0 Å². The van der Waals surface area contributed by atoms with E-state index >= 15 is 0 Å². The quantitative estimate of drug-likeness (QED) is 0.867. The fourth-order valence-electron chi connectivity index (χ4n) is 2.08. The maximum atomic E-state index is 9.21. The number of rotatable bonds is 4. The molecule has 0 saturated carbocycles. The lowest BCUT2D eigenvalue weighted by Gasteiger charge is -2.16. The summed E-state index contributed by atoms with van der Waals surface area (Å²) in [5.41, 5.74) is 0. The molecule has 1 unspecified atom stereocenters. The van der Waals surface area contributed by atoms with Crippen LogP contribution in [-0.2, 0) is 6.42 Å². The molecule has 1 fully saturated rings. The minimum absolute atomic E-state index is 0.316. The SMILES string of the molecule is CC(O)CCc1nc(N2CCCCCC2)no1. The van der Waals surface area contributed by atoms with Crippen LogP contribution < -0.4 is 4.90 Å². The van der Waals surface area contributed by atoms with Crippen LogP contribution in [0.1, 0.15) is 44.9 Å². The Labute approximate surface area is 102 Å². The summed E-state index contributed by atoms with van der Waals surface area (Å²) in [6.45, 7) is 3.82. The summed E-state index contributed by atoms with van der Waals surface area (Å²) >= 11 is 0. The first-order chi connectivity index (χ1) is 8.25. The number of aliphatic hydroxyl groups excluding tert-OH is 1. The minimum atomic E-state index is -0.316. The van der Waals surface area contributed by atoms with Gasteiger partial charge in [0, 0.05) is 19.5 Å². The molecule has 1 saturated heterocycles. The molecule has 2 heterocycles. The average molecular weight is 239 g/mol. The van der Waals surface area contributed by atoms with Crippen molar-refractivity contribution in [3.63, 3.8) is 0 Å². The number of nitrogens with zero attached hydrogens (tertiary/aromatic N) is 3. The van der Waals surface area contributed by atoms with Crippen molar-refractivity contribution in [2.75, 3.05) is 18.0 Å². The summed E-state index contributed by atoms with van der Waals surface area (Å²) in [6.07, 6.45) is 6.00. The van der Waals surface area contributed by atoms with Gasteiger partial charge in [-0.1, -0.05) is 12.8 Å². The molecule has 1 aliphatic heterocycles. The lowest BCUT2D eigenvalue weighted by Crippen LogP contribution is -2.24. The van der Waals surface area contributed by atoms with E-state index in [-0.39, 0.29) is 6.10 Å². The first kappa shape index (κ1) is 12.4. The van der Waals surface area contributed by atoms with Gasteiger partial charge in [0.1, 0.15) is 0 Å². The third kappa shape index (κ3) is 3.70. The fourth-order valence-corrected chi connectivity index (χ4v) is 2.08. The zero-order chi connectivity index (χ0) is 12.1. The highest BCUT2D eigenvalue weighted by Gasteiger charge is 2.15. The number of hydrogen-bond donors (Lipinski definition) is 1. The molecule has 1 atom stereocenters. The second-order valence-electron chi connectivity index (χ2n) is 4.78. The summed E-state index contributed by atoms with van der Waals surface area (Å²) in [7, 11) is 0. The van der Waals surface area contributed by atoms with Crippen LogP contribution in [0.25, 0.3) is 0 Å². The Hall–Kier alpha value is -1.10. The fraction of sp³-hybridized carbons (Fsp3) is 0.833. The van der Waals surface area contributed by atoms with Gasteiger partial charge in [-0.3, -0.25) is 0 Å². The molecule has 96 valence electrons. The third-order valence-corrected chi connectivity index (χ3v) is 3.12. The molecule has 5 nitrogen and oxygen atoms in total. The molecule has 0 aromatic carbocycles. The average Bonchev–Trinajstić information content (AvgIpc) is 2.60. The van der Waals surface area contributed by atoms with E-state index in [2.05, 4.69) is 15.0 Å². The topological polar surface area (TPSA) is 62.4 Å². The number of aliphatic hydroxyl groups is 1. The molecule has 0 aliphatic carbocycles. The van der Waals surface area contributed by atoms with Crippen LogP contribution in [0.4, 0.5) is 5.95 Å². The molecule has 0 spiro atoms. The highest BCUT2D eigenvalue weighted by Crippen LogP contribution is 2.16. The van der Waals surface area contributed by atoms with E-state index in [9.17, 15) is 5.11 Å². The predicted octanol–water partition coefficient (Wildman–Crippen LogP) is 1.76. The standard InChI is InChI=1S/C12H21N3O2/c1-10(16)6-7-11-13-12(14-17-11)15-8-4-2-3-5-9-15/h10,16H,2-9H2,1H3. The van der Waals surface area contributed by atoms with Gasteiger partial charge in [-0.2, -0.15) is 4.98 Å². The zero-order valence-corrected chi connectivity index (χ0v) is 10.4. The van der Waals surface area contributed by atoms with E-state index in [1.165, 1.54) is 25.7 Å². The van der Waals surface area contributed by atoms with Gasteiger partial charge in [0.15, 0.2) is 0 Å². The van der Waals surface area contributed by atoms with Crippen LogP contribution >= 0.6 is 0 Å². The Balaban J connectivity index is 1.92. The van der Waals surface area contributed by atoms with Crippen molar-refractivity contribution < 1.29 is 9.63 Å². The molecule has 0 bridgehead atoms. The Morgan fingerprint density at radius 2 is 2.00 bits per heavy atom. The van der Waals surface area contributed by atoms with Gasteiger partial charge in [-0.15, -0.1) is 0 Å². The summed E-state index contributed by atoms with van der Waals surface area (Å²) in [6, 6.07) is 0. The third-order valence-electron chi connectivity index (χ3n) is 3.12. The molecular weight excluding hydrogens is 218 g/mol. The number of aryl methyl sites for hydroxylation is 1. The summed E-state index contributed by atoms with van der Waals surface area (Å²) in [5, 5.41) is 13.2. The summed E-state index contributed by atoms with van der Waals surface area (Å²) in [5.74, 6) is 1.35. The Bertz CT molecular complexity index is 330. The van der Waals surface area contributed by atoms with E-state index in [0.717, 1.165) is 13.1 Å². The molecule has 17 heavy (non-hydrogen) atoms. The largest absolute Gasteiger partial charge is 0.393 e. The van der Waals surface area contributed by atoms with Gasteiger partial charge >= 0.3 is 0 Å². The van der Waals surface area contributed by atoms with Crippen molar-refractivity contribution in [3.05, 3.63) is 5.89 Å².